The highest BCUT2D eigenvalue weighted by Crippen LogP contribution is 2.37. The number of aliphatic hydroxyl groups is 1. The van der Waals surface area contributed by atoms with Gasteiger partial charge in [-0.15, -0.1) is 0 Å². The molecule has 0 aromatic carbocycles. The third kappa shape index (κ3) is 2.13. The molecular formula is C13H15N3O2. The van der Waals surface area contributed by atoms with Crippen molar-refractivity contribution in [2.45, 2.75) is 25.2 Å². The average Bonchev–Trinajstić information content (AvgIpc) is 3.08. The van der Waals surface area contributed by atoms with Crippen molar-refractivity contribution in [3.05, 3.63) is 30.4 Å². The lowest BCUT2D eigenvalue weighted by atomic mass is 10.1. The van der Waals surface area contributed by atoms with Gasteiger partial charge in [-0.25, -0.2) is 0 Å². The number of hydrogen-bond acceptors (Lipinski definition) is 5. The standard InChI is InChI=1S/C13H15N3O2/c17-8-9-1-2-11(7-9)13-15-12(16-18-13)10-3-5-14-6-4-10/h3-6,9,11,17H,1-2,7-8H2/t9-,11+/m1/s1. The molecule has 2 aromatic heterocycles. The van der Waals surface area contributed by atoms with Crippen molar-refractivity contribution in [3.8, 4) is 11.4 Å². The lowest BCUT2D eigenvalue weighted by Crippen LogP contribution is -2.00. The molecule has 2 aromatic rings. The van der Waals surface area contributed by atoms with Gasteiger partial charge in [0.15, 0.2) is 0 Å². The van der Waals surface area contributed by atoms with Gasteiger partial charge in [0, 0.05) is 30.5 Å². The molecule has 18 heavy (non-hydrogen) atoms. The number of nitrogens with zero attached hydrogens (tertiary/aromatic N) is 3. The van der Waals surface area contributed by atoms with Crippen LogP contribution in [0.4, 0.5) is 0 Å². The minimum atomic E-state index is 0.252. The van der Waals surface area contributed by atoms with Gasteiger partial charge in [-0.2, -0.15) is 4.98 Å². The first-order chi connectivity index (χ1) is 8.86. The molecule has 0 radical (unpaired) electrons. The van der Waals surface area contributed by atoms with Crippen molar-refractivity contribution in [2.75, 3.05) is 6.61 Å². The summed E-state index contributed by atoms with van der Waals surface area (Å²) in [4.78, 5) is 8.41. The van der Waals surface area contributed by atoms with Gasteiger partial charge in [-0.1, -0.05) is 5.16 Å². The van der Waals surface area contributed by atoms with Crippen molar-refractivity contribution in [1.29, 1.82) is 0 Å². The smallest absolute Gasteiger partial charge is 0.230 e. The second kappa shape index (κ2) is 4.86. The molecule has 3 rings (SSSR count). The highest BCUT2D eigenvalue weighted by Gasteiger charge is 2.29. The third-order valence-corrected chi connectivity index (χ3v) is 3.53. The van der Waals surface area contributed by atoms with E-state index in [1.165, 1.54) is 0 Å². The molecule has 1 aliphatic carbocycles. The van der Waals surface area contributed by atoms with Gasteiger partial charge in [0.1, 0.15) is 0 Å². The zero-order chi connectivity index (χ0) is 12.4. The second-order valence-corrected chi connectivity index (χ2v) is 4.75. The Bertz CT molecular complexity index is 512. The molecule has 0 saturated heterocycles. The fourth-order valence-electron chi connectivity index (χ4n) is 2.48. The van der Waals surface area contributed by atoms with Gasteiger partial charge in [0.2, 0.25) is 11.7 Å². The first-order valence-corrected chi connectivity index (χ1v) is 6.21. The molecule has 5 nitrogen and oxygen atoms in total. The maximum Gasteiger partial charge on any atom is 0.230 e. The fraction of sp³-hybridized carbons (Fsp3) is 0.462. The highest BCUT2D eigenvalue weighted by molar-refractivity contribution is 5.52. The minimum absolute atomic E-state index is 0.252. The van der Waals surface area contributed by atoms with Crippen LogP contribution in [0.15, 0.2) is 29.0 Å². The Labute approximate surface area is 105 Å². The van der Waals surface area contributed by atoms with E-state index in [0.717, 1.165) is 24.8 Å². The Morgan fingerprint density at radius 2 is 2.11 bits per heavy atom. The molecule has 0 amide bonds. The number of aliphatic hydroxyl groups excluding tert-OH is 1. The van der Waals surface area contributed by atoms with E-state index in [9.17, 15) is 0 Å². The average molecular weight is 245 g/mol. The Kier molecular flexibility index (Phi) is 3.06. The molecule has 0 unspecified atom stereocenters. The van der Waals surface area contributed by atoms with Crippen LogP contribution in [0.1, 0.15) is 31.1 Å². The van der Waals surface area contributed by atoms with Crippen LogP contribution in [0.5, 0.6) is 0 Å². The zero-order valence-electron chi connectivity index (χ0n) is 9.99. The van der Waals surface area contributed by atoms with Crippen LogP contribution in [0.2, 0.25) is 0 Å². The normalized spacial score (nSPS) is 23.4. The van der Waals surface area contributed by atoms with E-state index < -0.39 is 0 Å². The number of aromatic nitrogens is 3. The van der Waals surface area contributed by atoms with Crippen molar-refractivity contribution in [2.24, 2.45) is 5.92 Å². The zero-order valence-corrected chi connectivity index (χ0v) is 9.99. The van der Waals surface area contributed by atoms with Crippen LogP contribution in [0, 0.1) is 5.92 Å². The molecular weight excluding hydrogens is 230 g/mol. The lowest BCUT2D eigenvalue weighted by Gasteiger charge is -2.03. The molecule has 2 atom stereocenters. The van der Waals surface area contributed by atoms with E-state index in [2.05, 4.69) is 15.1 Å². The highest BCUT2D eigenvalue weighted by atomic mass is 16.5. The molecule has 94 valence electrons. The van der Waals surface area contributed by atoms with E-state index in [0.29, 0.717) is 23.6 Å². The third-order valence-electron chi connectivity index (χ3n) is 3.53. The predicted octanol–water partition coefficient (Wildman–Crippen LogP) is 2.01. The monoisotopic (exact) mass is 245 g/mol. The van der Waals surface area contributed by atoms with Gasteiger partial charge in [0.25, 0.3) is 0 Å². The van der Waals surface area contributed by atoms with Crippen molar-refractivity contribution >= 4 is 0 Å². The summed E-state index contributed by atoms with van der Waals surface area (Å²) in [5.74, 6) is 1.98. The molecule has 1 N–H and O–H groups in total. The van der Waals surface area contributed by atoms with E-state index >= 15 is 0 Å². The summed E-state index contributed by atoms with van der Waals surface area (Å²) in [6, 6.07) is 3.72. The minimum Gasteiger partial charge on any atom is -0.396 e. The van der Waals surface area contributed by atoms with Crippen LogP contribution in [-0.2, 0) is 0 Å². The summed E-state index contributed by atoms with van der Waals surface area (Å²) in [5, 5.41) is 13.1. The molecule has 1 aliphatic rings. The van der Waals surface area contributed by atoms with E-state index in [1.54, 1.807) is 12.4 Å². The first-order valence-electron chi connectivity index (χ1n) is 6.21. The summed E-state index contributed by atoms with van der Waals surface area (Å²) in [6.07, 6.45) is 6.41. The van der Waals surface area contributed by atoms with Gasteiger partial charge in [-0.3, -0.25) is 4.98 Å². The number of hydrogen-bond donors (Lipinski definition) is 1. The molecule has 0 bridgehead atoms. The molecule has 2 heterocycles. The van der Waals surface area contributed by atoms with Crippen LogP contribution in [0.25, 0.3) is 11.4 Å². The summed E-state index contributed by atoms with van der Waals surface area (Å²) in [6.45, 7) is 0.252. The summed E-state index contributed by atoms with van der Waals surface area (Å²) >= 11 is 0. The quantitative estimate of drug-likeness (QED) is 0.895. The first kappa shape index (κ1) is 11.3. The molecule has 0 spiro atoms. The van der Waals surface area contributed by atoms with E-state index in [-0.39, 0.29) is 6.61 Å². The van der Waals surface area contributed by atoms with Gasteiger partial charge >= 0.3 is 0 Å². The second-order valence-electron chi connectivity index (χ2n) is 4.75. The molecule has 1 saturated carbocycles. The summed E-state index contributed by atoms with van der Waals surface area (Å²) in [7, 11) is 0. The van der Waals surface area contributed by atoms with Crippen LogP contribution in [-0.4, -0.2) is 26.8 Å². The van der Waals surface area contributed by atoms with Gasteiger partial charge in [0.05, 0.1) is 0 Å². The Morgan fingerprint density at radius 1 is 1.28 bits per heavy atom. The van der Waals surface area contributed by atoms with Crippen LogP contribution in [0.3, 0.4) is 0 Å². The van der Waals surface area contributed by atoms with E-state index in [1.807, 2.05) is 12.1 Å². The van der Waals surface area contributed by atoms with Gasteiger partial charge < -0.3 is 9.63 Å². The lowest BCUT2D eigenvalue weighted by molar-refractivity contribution is 0.227. The topological polar surface area (TPSA) is 72.0 Å². The van der Waals surface area contributed by atoms with Crippen molar-refractivity contribution < 1.29 is 9.63 Å². The maximum absolute atomic E-state index is 9.14. The number of pyridine rings is 1. The molecule has 1 fully saturated rings. The molecule has 5 heteroatoms. The largest absolute Gasteiger partial charge is 0.396 e. The summed E-state index contributed by atoms with van der Waals surface area (Å²) < 4.78 is 5.33. The van der Waals surface area contributed by atoms with Crippen molar-refractivity contribution in [1.82, 2.24) is 15.1 Å². The molecule has 0 aliphatic heterocycles. The number of rotatable bonds is 3. The Morgan fingerprint density at radius 3 is 2.83 bits per heavy atom. The fourth-order valence-corrected chi connectivity index (χ4v) is 2.48. The van der Waals surface area contributed by atoms with Crippen molar-refractivity contribution in [3.63, 3.8) is 0 Å². The van der Waals surface area contributed by atoms with Crippen LogP contribution >= 0.6 is 0 Å². The SMILES string of the molecule is OC[C@@H]1CC[C@H](c2nc(-c3ccncc3)no2)C1. The van der Waals surface area contributed by atoms with Gasteiger partial charge in [-0.05, 0) is 37.3 Å². The Hall–Kier alpha value is -1.75. The maximum atomic E-state index is 9.14. The summed E-state index contributed by atoms with van der Waals surface area (Å²) in [5.41, 5.74) is 0.914. The van der Waals surface area contributed by atoms with E-state index in [4.69, 9.17) is 9.63 Å². The van der Waals surface area contributed by atoms with Crippen LogP contribution < -0.4 is 0 Å². The predicted molar refractivity (Wildman–Crippen MR) is 64.7 cm³/mol. The Balaban J connectivity index is 1.78.